The smallest absolute Gasteiger partial charge is 0.338 e. The number of likely N-dealkylation sites (tertiary alicyclic amines) is 3. The summed E-state index contributed by atoms with van der Waals surface area (Å²) in [5.41, 5.74) is 2.61. The van der Waals surface area contributed by atoms with Crippen LogP contribution in [0.25, 0.3) is 0 Å². The SMILES string of the molecule is CCOC(=O)C1=C(CN2CC(F)(F)CC[C@H]2CC(C)C(=O)O)NC(c2nccs2)=N[C@H]1c1ccc(F)cc1Br.CCOC(=O)C1=C(CN2CC(F)(F)CC[C@H]2CCC(=O)O)NC(c2nccs2)=N[C@H]1c1ccc(F)cc1Br.CCOC(=O)C1=C(CN2CC(F)(F)C[C@H]2C(C)CC(=O)O)NC(c2nccs2)=N[C@H]1c1ccc(F)cc1Br. The van der Waals surface area contributed by atoms with Gasteiger partial charge in [0.05, 0.1) is 62.1 Å². The van der Waals surface area contributed by atoms with Crippen LogP contribution in [0.5, 0.6) is 0 Å². The van der Waals surface area contributed by atoms with Gasteiger partial charge in [0.2, 0.25) is 0 Å². The molecule has 24 nitrogen and oxygen atoms in total. The Morgan fingerprint density at radius 2 is 0.887 bits per heavy atom. The van der Waals surface area contributed by atoms with Gasteiger partial charge in [0.1, 0.15) is 35.6 Å². The zero-order valence-corrected chi connectivity index (χ0v) is 69.5. The minimum absolute atomic E-state index is 0.0655. The van der Waals surface area contributed by atoms with E-state index in [2.05, 4.69) is 78.7 Å². The molecule has 3 fully saturated rings. The van der Waals surface area contributed by atoms with Gasteiger partial charge in [-0.2, -0.15) is 0 Å². The Bertz CT molecular complexity index is 4590. The molecular weight excluding hydrogens is 1780 g/mol. The lowest BCUT2D eigenvalue weighted by molar-refractivity contribution is -0.143. The number of esters is 3. The van der Waals surface area contributed by atoms with E-state index < -0.39 is 145 Å². The van der Waals surface area contributed by atoms with Gasteiger partial charge in [-0.1, -0.05) is 79.8 Å². The molecule has 6 aromatic rings. The fraction of sp³-hybridized carbons (Fsp3) is 0.447. The Morgan fingerprint density at radius 3 is 1.22 bits per heavy atom. The van der Waals surface area contributed by atoms with Crippen molar-refractivity contribution in [1.82, 2.24) is 45.6 Å². The fourth-order valence-corrected chi connectivity index (χ4v) is 17.7. The van der Waals surface area contributed by atoms with Crippen molar-refractivity contribution in [1.29, 1.82) is 0 Å². The lowest BCUT2D eigenvalue weighted by Gasteiger charge is -2.41. The number of alkyl halides is 6. The third-order valence-electron chi connectivity index (χ3n) is 19.5. The third kappa shape index (κ3) is 23.1. The van der Waals surface area contributed by atoms with E-state index in [-0.39, 0.29) is 113 Å². The molecule has 3 aromatic heterocycles. The van der Waals surface area contributed by atoms with Gasteiger partial charge < -0.3 is 45.5 Å². The van der Waals surface area contributed by atoms with Gasteiger partial charge in [0.25, 0.3) is 17.8 Å². The molecule has 0 radical (unpaired) electrons. The molecule has 0 saturated carbocycles. The van der Waals surface area contributed by atoms with E-state index in [9.17, 15) is 83.6 Å². The first kappa shape index (κ1) is 89.0. The van der Waals surface area contributed by atoms with Crippen molar-refractivity contribution in [3.63, 3.8) is 0 Å². The molecule has 8 atom stereocenters. The maximum Gasteiger partial charge on any atom is 0.338 e. The summed E-state index contributed by atoms with van der Waals surface area (Å²) in [6.45, 7) is 6.20. The number of hydrogen-bond donors (Lipinski definition) is 6. The zero-order chi connectivity index (χ0) is 83.4. The number of piperidine rings is 2. The summed E-state index contributed by atoms with van der Waals surface area (Å²) in [6.07, 6.45) is 3.71. The molecule has 115 heavy (non-hydrogen) atoms. The van der Waals surface area contributed by atoms with Crippen molar-refractivity contribution in [3.05, 3.63) is 186 Å². The van der Waals surface area contributed by atoms with Gasteiger partial charge in [-0.3, -0.25) is 44.1 Å². The summed E-state index contributed by atoms with van der Waals surface area (Å²) in [5, 5.41) is 44.0. The normalized spacial score (nSPS) is 21.9. The molecule has 9 heterocycles. The lowest BCUT2D eigenvalue weighted by atomic mass is 9.90. The molecule has 3 aromatic carbocycles. The van der Waals surface area contributed by atoms with Gasteiger partial charge >= 0.3 is 35.8 Å². The molecule has 6 aliphatic rings. The van der Waals surface area contributed by atoms with Crippen molar-refractivity contribution >= 4 is 135 Å². The number of ether oxygens (including phenoxy) is 3. The number of carboxylic acids is 3. The van der Waals surface area contributed by atoms with E-state index in [0.29, 0.717) is 74.0 Å². The van der Waals surface area contributed by atoms with Gasteiger partial charge in [0.15, 0.2) is 32.5 Å². The number of amidine groups is 3. The highest BCUT2D eigenvalue weighted by Gasteiger charge is 2.50. The van der Waals surface area contributed by atoms with Crippen molar-refractivity contribution in [2.75, 3.05) is 59.1 Å². The molecule has 6 aliphatic heterocycles. The number of aromatic nitrogens is 3. The highest BCUT2D eigenvalue weighted by atomic mass is 79.9. The fourth-order valence-electron chi connectivity index (χ4n) is 14.3. The standard InChI is InChI=1S/C26H28BrF3N4O4S.2C25H26BrF3N4O4S/c1-3-38-25(37)20-19(12-34-13-26(29,30)7-6-16(34)10-14(2)24(35)36)32-22(23-31-8-9-39-23)33-21(20)17-5-4-15(28)11-18(17)27;1-3-37-24(36)20-17(11-33-12-25(28,29)10-18(33)13(2)8-19(34)35)31-22(23-30-6-7-38-23)32-21(20)15-5-4-14(27)9-16(15)26;1-2-37-24(36)20-18(12-33-13-25(28,29)8-7-15(33)4-6-19(34)35)31-22(23-30-9-10-38-23)32-21(20)16-5-3-14(27)11-17(16)26/h4-5,8-9,11,14,16,21H,3,6-7,10,12-13H2,1-2H3,(H,32,33)(H,35,36);4-7,9,13,18,21H,3,8,10-12H2,1-2H3,(H,31,32)(H,34,35);3,5,9-11,15,21H,2,4,6-8,12-13H2,1H3,(H,31,32)(H,34,35)/t14?,16-,21-;13?,18-,21-;15-,21+/m001/s1. The van der Waals surface area contributed by atoms with Crippen LogP contribution in [0.3, 0.4) is 0 Å². The Kier molecular flexibility index (Phi) is 30.4. The van der Waals surface area contributed by atoms with E-state index in [1.54, 1.807) is 69.3 Å². The molecule has 0 bridgehead atoms. The second-order valence-electron chi connectivity index (χ2n) is 27.8. The quantitative estimate of drug-likeness (QED) is 0.0159. The summed E-state index contributed by atoms with van der Waals surface area (Å²) < 4.78 is 146. The maximum absolute atomic E-state index is 14.6. The average molecular weight is 1860 g/mol. The Labute approximate surface area is 691 Å². The minimum Gasteiger partial charge on any atom is -0.481 e. The summed E-state index contributed by atoms with van der Waals surface area (Å²) >= 11 is 14.0. The number of thiazole rings is 3. The van der Waals surface area contributed by atoms with Crippen LogP contribution in [0.4, 0.5) is 39.5 Å². The number of rotatable bonds is 27. The van der Waals surface area contributed by atoms with E-state index in [1.807, 2.05) is 0 Å². The van der Waals surface area contributed by atoms with Crippen LogP contribution in [0, 0.1) is 29.3 Å². The number of benzene rings is 3. The minimum atomic E-state index is -3.03. The van der Waals surface area contributed by atoms with Crippen molar-refractivity contribution in [2.45, 2.75) is 146 Å². The van der Waals surface area contributed by atoms with Gasteiger partial charge in [-0.15, -0.1) is 34.0 Å². The molecule has 2 unspecified atom stereocenters. The number of nitrogens with zero attached hydrogens (tertiary/aromatic N) is 9. The first-order valence-electron chi connectivity index (χ1n) is 36.4. The van der Waals surface area contributed by atoms with Gasteiger partial charge in [0, 0.05) is 135 Å². The first-order chi connectivity index (χ1) is 54.5. The highest BCUT2D eigenvalue weighted by Crippen LogP contribution is 2.45. The van der Waals surface area contributed by atoms with Crippen LogP contribution in [-0.2, 0) is 43.0 Å². The topological polar surface area (TPSA) is 312 Å². The van der Waals surface area contributed by atoms with E-state index in [4.69, 9.17) is 29.2 Å². The monoisotopic (exact) mass is 1860 g/mol. The number of aliphatic imine (C=N–C) groups is 3. The highest BCUT2D eigenvalue weighted by molar-refractivity contribution is 9.11. The molecular formula is C76H80Br3F9N12O12S3. The zero-order valence-electron chi connectivity index (χ0n) is 62.3. The van der Waals surface area contributed by atoms with E-state index in [0.717, 1.165) is 0 Å². The molecule has 12 rings (SSSR count). The number of halogens is 12. The molecule has 39 heteroatoms. The molecule has 0 aliphatic carbocycles. The summed E-state index contributed by atoms with van der Waals surface area (Å²) in [4.78, 5) is 106. The molecule has 6 N–H and O–H groups in total. The van der Waals surface area contributed by atoms with Crippen molar-refractivity contribution in [3.8, 4) is 0 Å². The lowest BCUT2D eigenvalue weighted by Crippen LogP contribution is -2.52. The van der Waals surface area contributed by atoms with Crippen LogP contribution >= 0.6 is 81.8 Å². The number of carbonyl (C=O) groups excluding carboxylic acids is 3. The second-order valence-corrected chi connectivity index (χ2v) is 33.0. The Morgan fingerprint density at radius 1 is 0.530 bits per heavy atom. The summed E-state index contributed by atoms with van der Waals surface area (Å²) in [6, 6.07) is 7.54. The average Bonchev–Trinajstić information content (AvgIpc) is 1.76. The predicted molar refractivity (Wildman–Crippen MR) is 421 cm³/mol. The number of aliphatic carboxylic acids is 3. The summed E-state index contributed by atoms with van der Waals surface area (Å²) in [5.74, 6) is -15.9. The van der Waals surface area contributed by atoms with E-state index in [1.165, 1.54) is 103 Å². The Hall–Kier alpha value is -8.31. The van der Waals surface area contributed by atoms with E-state index >= 15 is 0 Å². The maximum atomic E-state index is 14.6. The van der Waals surface area contributed by atoms with Crippen LogP contribution in [-0.4, -0.2) is 193 Å². The largest absolute Gasteiger partial charge is 0.481 e. The van der Waals surface area contributed by atoms with Crippen LogP contribution in [0.2, 0.25) is 0 Å². The van der Waals surface area contributed by atoms with Crippen LogP contribution < -0.4 is 16.0 Å². The number of hydrogen-bond acceptors (Lipinski definition) is 24. The number of nitrogens with one attached hydrogen (secondary N) is 3. The van der Waals surface area contributed by atoms with Crippen LogP contribution in [0.15, 0.2) is 152 Å². The van der Waals surface area contributed by atoms with Crippen LogP contribution in [0.1, 0.15) is 142 Å². The number of carbonyl (C=O) groups is 6. The molecule has 0 spiro atoms. The summed E-state index contributed by atoms with van der Waals surface area (Å²) in [7, 11) is 0. The molecule has 618 valence electrons. The molecule has 0 amide bonds. The third-order valence-corrected chi connectivity index (χ3v) is 23.9. The molecule has 3 saturated heterocycles. The first-order valence-corrected chi connectivity index (χ1v) is 41.4. The Balaban J connectivity index is 0.000000182. The van der Waals surface area contributed by atoms with Gasteiger partial charge in [-0.25, -0.2) is 68.8 Å². The predicted octanol–water partition coefficient (Wildman–Crippen LogP) is 14.9. The van der Waals surface area contributed by atoms with Gasteiger partial charge in [-0.05, 0) is 105 Å². The van der Waals surface area contributed by atoms with Crippen molar-refractivity contribution in [2.24, 2.45) is 26.8 Å². The second kappa shape index (κ2) is 39.3. The number of carboxylic acid groups (broad SMARTS) is 3. The van der Waals surface area contributed by atoms with Crippen molar-refractivity contribution < 1.29 is 97.8 Å².